The molecule has 2 aliphatic rings. The maximum absolute atomic E-state index is 12.3. The van der Waals surface area contributed by atoms with Crippen LogP contribution in [-0.2, 0) is 4.79 Å². The molecule has 2 fully saturated rings. The molecule has 98 valence electrons. The number of piperazine rings is 1. The van der Waals surface area contributed by atoms with E-state index in [0.717, 1.165) is 19.4 Å². The van der Waals surface area contributed by atoms with Gasteiger partial charge in [0.05, 0.1) is 6.04 Å². The molecule has 0 radical (unpaired) electrons. The van der Waals surface area contributed by atoms with Crippen LogP contribution in [0.1, 0.15) is 46.0 Å². The average molecular weight is 240 g/mol. The summed E-state index contributed by atoms with van der Waals surface area (Å²) >= 11 is 0. The zero-order valence-electron chi connectivity index (χ0n) is 10.9. The van der Waals surface area contributed by atoms with E-state index in [1.807, 2.05) is 0 Å². The third-order valence-corrected chi connectivity index (χ3v) is 3.90. The van der Waals surface area contributed by atoms with Crippen molar-refractivity contribution in [3.05, 3.63) is 0 Å². The SMILES string of the molecule is CC1(C)CN(C2CCCC2)C(=O)C(CCO)N1. The fraction of sp³-hybridized carbons (Fsp3) is 0.923. The second-order valence-electron chi connectivity index (χ2n) is 6.00. The lowest BCUT2D eigenvalue weighted by Crippen LogP contribution is -2.66. The van der Waals surface area contributed by atoms with Crippen molar-refractivity contribution in [2.45, 2.75) is 63.6 Å². The van der Waals surface area contributed by atoms with Crippen LogP contribution in [0.4, 0.5) is 0 Å². The Labute approximate surface area is 103 Å². The van der Waals surface area contributed by atoms with E-state index >= 15 is 0 Å². The van der Waals surface area contributed by atoms with Crippen LogP contribution < -0.4 is 5.32 Å². The Bertz CT molecular complexity index is 285. The first kappa shape index (κ1) is 12.8. The van der Waals surface area contributed by atoms with Crippen LogP contribution >= 0.6 is 0 Å². The Morgan fingerprint density at radius 2 is 2.06 bits per heavy atom. The van der Waals surface area contributed by atoms with Gasteiger partial charge < -0.3 is 10.0 Å². The van der Waals surface area contributed by atoms with E-state index in [-0.39, 0.29) is 24.1 Å². The number of hydrogen-bond donors (Lipinski definition) is 2. The Hall–Kier alpha value is -0.610. The van der Waals surface area contributed by atoms with E-state index in [1.165, 1.54) is 12.8 Å². The summed E-state index contributed by atoms with van der Waals surface area (Å²) in [4.78, 5) is 14.4. The molecule has 0 bridgehead atoms. The van der Waals surface area contributed by atoms with Gasteiger partial charge in [0, 0.05) is 24.7 Å². The van der Waals surface area contributed by atoms with E-state index < -0.39 is 0 Å². The predicted molar refractivity (Wildman–Crippen MR) is 66.7 cm³/mol. The molecule has 0 spiro atoms. The lowest BCUT2D eigenvalue weighted by atomic mass is 9.95. The quantitative estimate of drug-likeness (QED) is 0.770. The number of amides is 1. The summed E-state index contributed by atoms with van der Waals surface area (Å²) in [6, 6.07) is 0.231. The molecule has 1 saturated heterocycles. The topological polar surface area (TPSA) is 52.6 Å². The van der Waals surface area contributed by atoms with Gasteiger partial charge >= 0.3 is 0 Å². The van der Waals surface area contributed by atoms with Crippen molar-refractivity contribution >= 4 is 5.91 Å². The van der Waals surface area contributed by atoms with E-state index in [9.17, 15) is 4.79 Å². The molecule has 4 nitrogen and oxygen atoms in total. The zero-order chi connectivity index (χ0) is 12.5. The van der Waals surface area contributed by atoms with Gasteiger partial charge in [-0.3, -0.25) is 10.1 Å². The van der Waals surface area contributed by atoms with Gasteiger partial charge in [-0.25, -0.2) is 0 Å². The molecule has 1 aliphatic heterocycles. The van der Waals surface area contributed by atoms with Gasteiger partial charge in [0.25, 0.3) is 0 Å². The minimum absolute atomic E-state index is 0.0453. The van der Waals surface area contributed by atoms with Crippen molar-refractivity contribution in [2.24, 2.45) is 0 Å². The monoisotopic (exact) mass is 240 g/mol. The second kappa shape index (κ2) is 4.94. The van der Waals surface area contributed by atoms with E-state index in [4.69, 9.17) is 5.11 Å². The fourth-order valence-corrected chi connectivity index (χ4v) is 3.13. The summed E-state index contributed by atoms with van der Waals surface area (Å²) in [5.74, 6) is 0.185. The first-order chi connectivity index (χ1) is 8.03. The first-order valence-corrected chi connectivity index (χ1v) is 6.72. The molecule has 0 aromatic rings. The standard InChI is InChI=1S/C13H24N2O2/c1-13(2)9-15(10-5-3-4-6-10)12(17)11(14-13)7-8-16/h10-11,14,16H,3-9H2,1-2H3. The molecular formula is C13H24N2O2. The van der Waals surface area contributed by atoms with Gasteiger partial charge in [-0.05, 0) is 33.1 Å². The zero-order valence-corrected chi connectivity index (χ0v) is 10.9. The molecule has 0 aromatic heterocycles. The lowest BCUT2D eigenvalue weighted by Gasteiger charge is -2.45. The number of nitrogens with zero attached hydrogens (tertiary/aromatic N) is 1. The fourth-order valence-electron chi connectivity index (χ4n) is 3.13. The number of aliphatic hydroxyl groups is 1. The average Bonchev–Trinajstić information content (AvgIpc) is 2.76. The van der Waals surface area contributed by atoms with Gasteiger partial charge in [-0.2, -0.15) is 0 Å². The normalized spacial score (nSPS) is 29.9. The van der Waals surface area contributed by atoms with Crippen LogP contribution in [-0.4, -0.2) is 46.7 Å². The van der Waals surface area contributed by atoms with Crippen molar-refractivity contribution in [1.29, 1.82) is 0 Å². The van der Waals surface area contributed by atoms with Crippen LogP contribution in [0.5, 0.6) is 0 Å². The van der Waals surface area contributed by atoms with Gasteiger partial charge in [-0.15, -0.1) is 0 Å². The lowest BCUT2D eigenvalue weighted by molar-refractivity contribution is -0.142. The first-order valence-electron chi connectivity index (χ1n) is 6.72. The van der Waals surface area contributed by atoms with Crippen LogP contribution in [0.2, 0.25) is 0 Å². The molecule has 2 N–H and O–H groups in total. The van der Waals surface area contributed by atoms with Crippen molar-refractivity contribution in [3.8, 4) is 0 Å². The van der Waals surface area contributed by atoms with Gasteiger partial charge in [0.2, 0.25) is 5.91 Å². The molecule has 0 aromatic carbocycles. The highest BCUT2D eigenvalue weighted by Crippen LogP contribution is 2.28. The number of rotatable bonds is 3. The number of aliphatic hydroxyl groups excluding tert-OH is 1. The van der Waals surface area contributed by atoms with Crippen molar-refractivity contribution in [3.63, 3.8) is 0 Å². The highest BCUT2D eigenvalue weighted by molar-refractivity contribution is 5.83. The molecule has 1 unspecified atom stereocenters. The van der Waals surface area contributed by atoms with Crippen molar-refractivity contribution in [1.82, 2.24) is 10.2 Å². The summed E-state index contributed by atoms with van der Waals surface area (Å²) in [6.07, 6.45) is 5.30. The van der Waals surface area contributed by atoms with Crippen molar-refractivity contribution < 1.29 is 9.90 Å². The van der Waals surface area contributed by atoms with Crippen molar-refractivity contribution in [2.75, 3.05) is 13.2 Å². The summed E-state index contributed by atoms with van der Waals surface area (Å²) in [5.41, 5.74) is -0.0453. The van der Waals surface area contributed by atoms with E-state index in [1.54, 1.807) is 0 Å². The number of carbonyl (C=O) groups is 1. The maximum atomic E-state index is 12.3. The van der Waals surface area contributed by atoms with Crippen LogP contribution in [0.25, 0.3) is 0 Å². The Morgan fingerprint density at radius 1 is 1.41 bits per heavy atom. The van der Waals surface area contributed by atoms with E-state index in [2.05, 4.69) is 24.1 Å². The van der Waals surface area contributed by atoms with Gasteiger partial charge in [-0.1, -0.05) is 12.8 Å². The molecule has 2 rings (SSSR count). The molecular weight excluding hydrogens is 216 g/mol. The summed E-state index contributed by atoms with van der Waals surface area (Å²) in [6.45, 7) is 5.12. The van der Waals surface area contributed by atoms with Crippen LogP contribution in [0, 0.1) is 0 Å². The molecule has 17 heavy (non-hydrogen) atoms. The molecule has 4 heteroatoms. The molecule has 1 atom stereocenters. The Kier molecular flexibility index (Phi) is 3.73. The Balaban J connectivity index is 2.10. The third-order valence-electron chi connectivity index (χ3n) is 3.90. The maximum Gasteiger partial charge on any atom is 0.240 e. The van der Waals surface area contributed by atoms with Gasteiger partial charge in [0.1, 0.15) is 0 Å². The number of carbonyl (C=O) groups excluding carboxylic acids is 1. The largest absolute Gasteiger partial charge is 0.396 e. The number of hydrogen-bond acceptors (Lipinski definition) is 3. The minimum atomic E-state index is -0.204. The predicted octanol–water partition coefficient (Wildman–Crippen LogP) is 0.890. The Morgan fingerprint density at radius 3 is 2.65 bits per heavy atom. The van der Waals surface area contributed by atoms with Gasteiger partial charge in [0.15, 0.2) is 0 Å². The third kappa shape index (κ3) is 2.80. The van der Waals surface area contributed by atoms with Crippen LogP contribution in [0.15, 0.2) is 0 Å². The summed E-state index contributed by atoms with van der Waals surface area (Å²) < 4.78 is 0. The number of nitrogens with one attached hydrogen (secondary N) is 1. The highest BCUT2D eigenvalue weighted by atomic mass is 16.3. The molecule has 1 saturated carbocycles. The molecule has 1 aliphatic carbocycles. The highest BCUT2D eigenvalue weighted by Gasteiger charge is 2.40. The summed E-state index contributed by atoms with van der Waals surface area (Å²) in [5, 5.41) is 12.4. The van der Waals surface area contributed by atoms with E-state index in [0.29, 0.717) is 12.5 Å². The smallest absolute Gasteiger partial charge is 0.240 e. The minimum Gasteiger partial charge on any atom is -0.396 e. The molecule has 1 amide bonds. The molecule has 1 heterocycles. The summed E-state index contributed by atoms with van der Waals surface area (Å²) in [7, 11) is 0. The second-order valence-corrected chi connectivity index (χ2v) is 6.00. The van der Waals surface area contributed by atoms with Crippen LogP contribution in [0.3, 0.4) is 0 Å².